The first-order valence-corrected chi connectivity index (χ1v) is 8.98. The predicted molar refractivity (Wildman–Crippen MR) is 78.8 cm³/mol. The van der Waals surface area contributed by atoms with Gasteiger partial charge in [0.2, 0.25) is 0 Å². The van der Waals surface area contributed by atoms with E-state index in [1.54, 1.807) is 26.0 Å². The Hall–Kier alpha value is 0.330. The van der Waals surface area contributed by atoms with E-state index in [0.29, 0.717) is 0 Å². The van der Waals surface area contributed by atoms with E-state index < -0.39 is 8.80 Å². The van der Waals surface area contributed by atoms with Gasteiger partial charge in [0, 0.05) is 54.8 Å². The van der Waals surface area contributed by atoms with Gasteiger partial charge in [0.15, 0.2) is 0 Å². The Balaban J connectivity index is -0.0000000840. The van der Waals surface area contributed by atoms with E-state index in [0.717, 1.165) is 0 Å². The fourth-order valence-electron chi connectivity index (χ4n) is 0.774. The molecule has 0 aliphatic carbocycles. The third-order valence-corrected chi connectivity index (χ3v) is 3.07. The molecule has 1 aromatic rings. The SMILES string of the molecule is CCO.CCO.CCO.C[SiH](C)[c-]1cccc1.[Zr]. The maximum atomic E-state index is 7.57. The zero-order valence-electron chi connectivity index (χ0n) is 12.3. The first-order valence-electron chi connectivity index (χ1n) is 6.09. The summed E-state index contributed by atoms with van der Waals surface area (Å²) in [6, 6.07) is 8.67. The van der Waals surface area contributed by atoms with Gasteiger partial charge in [-0.2, -0.15) is 17.3 Å². The van der Waals surface area contributed by atoms with Crippen molar-refractivity contribution in [2.45, 2.75) is 33.9 Å². The summed E-state index contributed by atoms with van der Waals surface area (Å²) < 4.78 is 0. The molecule has 0 saturated carbocycles. The van der Waals surface area contributed by atoms with Crippen LogP contribution < -0.4 is 5.19 Å². The van der Waals surface area contributed by atoms with Crippen LogP contribution in [0.5, 0.6) is 0 Å². The Labute approximate surface area is 133 Å². The molecule has 1 aromatic carbocycles. The fraction of sp³-hybridized carbons (Fsp3) is 0.615. The van der Waals surface area contributed by atoms with Gasteiger partial charge in [0.1, 0.15) is 0 Å². The second-order valence-electron chi connectivity index (χ2n) is 3.32. The minimum absolute atomic E-state index is 0. The first kappa shape index (κ1) is 26.8. The summed E-state index contributed by atoms with van der Waals surface area (Å²) in [4.78, 5) is 0. The van der Waals surface area contributed by atoms with Crippen molar-refractivity contribution in [2.24, 2.45) is 0 Å². The summed E-state index contributed by atoms with van der Waals surface area (Å²) >= 11 is 0. The molecule has 0 aliphatic rings. The smallest absolute Gasteiger partial charge is 0.0402 e. The molecule has 0 atom stereocenters. The van der Waals surface area contributed by atoms with Gasteiger partial charge >= 0.3 is 0 Å². The van der Waals surface area contributed by atoms with Crippen molar-refractivity contribution < 1.29 is 41.5 Å². The molecular formula is C13H29O3SiZr-. The molecule has 0 unspecified atom stereocenters. The molecule has 1 rings (SSSR count). The fourth-order valence-corrected chi connectivity index (χ4v) is 1.77. The van der Waals surface area contributed by atoms with Crippen LogP contribution in [0.3, 0.4) is 0 Å². The normalized spacial score (nSPS) is 7.61. The molecule has 0 fully saturated rings. The van der Waals surface area contributed by atoms with Crippen LogP contribution in [0.1, 0.15) is 20.8 Å². The van der Waals surface area contributed by atoms with E-state index in [2.05, 4.69) is 37.4 Å². The molecular weight excluding hydrogens is 323 g/mol. The van der Waals surface area contributed by atoms with Crippen LogP contribution in [0.2, 0.25) is 13.1 Å². The quantitative estimate of drug-likeness (QED) is 0.524. The molecule has 0 radical (unpaired) electrons. The summed E-state index contributed by atoms with van der Waals surface area (Å²) in [7, 11) is -0.480. The number of rotatable bonds is 1. The van der Waals surface area contributed by atoms with Crippen LogP contribution in [-0.4, -0.2) is 43.9 Å². The molecule has 3 N–H and O–H groups in total. The summed E-state index contributed by atoms with van der Waals surface area (Å²) in [5.74, 6) is 0. The minimum atomic E-state index is -0.480. The van der Waals surface area contributed by atoms with Crippen molar-refractivity contribution in [3.63, 3.8) is 0 Å². The van der Waals surface area contributed by atoms with Crippen molar-refractivity contribution in [3.05, 3.63) is 24.3 Å². The monoisotopic (exact) mass is 351 g/mol. The van der Waals surface area contributed by atoms with E-state index in [9.17, 15) is 0 Å². The third-order valence-electron chi connectivity index (χ3n) is 1.36. The van der Waals surface area contributed by atoms with Crippen molar-refractivity contribution in [2.75, 3.05) is 19.8 Å². The second-order valence-corrected chi connectivity index (χ2v) is 6.30. The molecule has 0 aliphatic heterocycles. The topological polar surface area (TPSA) is 60.7 Å². The van der Waals surface area contributed by atoms with Crippen LogP contribution in [0.25, 0.3) is 0 Å². The summed E-state index contributed by atoms with van der Waals surface area (Å²) in [6.45, 7) is 10.5. The molecule has 108 valence electrons. The Kier molecular flexibility index (Phi) is 38.7. The molecule has 0 aromatic heterocycles. The van der Waals surface area contributed by atoms with Gasteiger partial charge in [-0.1, -0.05) is 13.1 Å². The maximum Gasteiger partial charge on any atom is 0.0402 e. The van der Waals surface area contributed by atoms with E-state index in [1.807, 2.05) is 0 Å². The summed E-state index contributed by atoms with van der Waals surface area (Å²) in [5, 5.41) is 24.3. The number of aliphatic hydroxyl groups excluding tert-OH is 3. The Morgan fingerprint density at radius 3 is 1.17 bits per heavy atom. The van der Waals surface area contributed by atoms with Crippen molar-refractivity contribution >= 4 is 14.0 Å². The molecule has 0 bridgehead atoms. The van der Waals surface area contributed by atoms with Crippen LogP contribution in [0, 0.1) is 0 Å². The zero-order chi connectivity index (χ0) is 14.1. The first-order chi connectivity index (χ1) is 8.05. The zero-order valence-corrected chi connectivity index (χ0v) is 16.0. The average Bonchev–Trinajstić information content (AvgIpc) is 2.73. The Bertz CT molecular complexity index is 187. The predicted octanol–water partition coefficient (Wildman–Crippen LogP) is 1.09. The Morgan fingerprint density at radius 2 is 1.06 bits per heavy atom. The van der Waals surface area contributed by atoms with Gasteiger partial charge < -0.3 is 15.3 Å². The summed E-state index contributed by atoms with van der Waals surface area (Å²) in [5.41, 5.74) is 0. The molecule has 0 saturated heterocycles. The molecule has 0 amide bonds. The van der Waals surface area contributed by atoms with Gasteiger partial charge in [0.05, 0.1) is 0 Å². The van der Waals surface area contributed by atoms with Crippen LogP contribution >= 0.6 is 0 Å². The van der Waals surface area contributed by atoms with Crippen molar-refractivity contribution in [3.8, 4) is 0 Å². The van der Waals surface area contributed by atoms with E-state index in [4.69, 9.17) is 15.3 Å². The molecule has 0 heterocycles. The third kappa shape index (κ3) is 29.9. The standard InChI is InChI=1S/C7H11Si.3C2H6O.Zr/c1-8(2)7-5-3-4-6-7;3*1-2-3;/h3-6,8H,1-2H3;3*3H,2H2,1H3;/q-1;;;;. The average molecular weight is 353 g/mol. The van der Waals surface area contributed by atoms with Crippen LogP contribution in [0.15, 0.2) is 24.3 Å². The van der Waals surface area contributed by atoms with E-state index >= 15 is 0 Å². The Morgan fingerprint density at radius 1 is 0.833 bits per heavy atom. The molecule has 5 heteroatoms. The number of hydrogen-bond donors (Lipinski definition) is 3. The van der Waals surface area contributed by atoms with Crippen LogP contribution in [0.4, 0.5) is 0 Å². The largest absolute Gasteiger partial charge is 0.397 e. The molecule has 3 nitrogen and oxygen atoms in total. The molecule has 0 spiro atoms. The van der Waals surface area contributed by atoms with E-state index in [-0.39, 0.29) is 46.0 Å². The van der Waals surface area contributed by atoms with Crippen molar-refractivity contribution in [1.82, 2.24) is 0 Å². The number of hydrogen-bond acceptors (Lipinski definition) is 3. The van der Waals surface area contributed by atoms with Gasteiger partial charge in [0.25, 0.3) is 0 Å². The van der Waals surface area contributed by atoms with Gasteiger partial charge in [-0.3, -0.25) is 0 Å². The number of aliphatic hydroxyl groups is 3. The van der Waals surface area contributed by atoms with Gasteiger partial charge in [-0.05, 0) is 20.8 Å². The van der Waals surface area contributed by atoms with Gasteiger partial charge in [-0.15, -0.1) is 0 Å². The molecule has 18 heavy (non-hydrogen) atoms. The summed E-state index contributed by atoms with van der Waals surface area (Å²) in [6.07, 6.45) is 0. The van der Waals surface area contributed by atoms with Crippen LogP contribution in [-0.2, 0) is 26.2 Å². The van der Waals surface area contributed by atoms with E-state index in [1.165, 1.54) is 0 Å². The minimum Gasteiger partial charge on any atom is -0.397 e. The van der Waals surface area contributed by atoms with Gasteiger partial charge in [-0.25, -0.2) is 12.1 Å². The maximum absolute atomic E-state index is 7.57. The van der Waals surface area contributed by atoms with Crippen molar-refractivity contribution in [1.29, 1.82) is 0 Å². The second kappa shape index (κ2) is 26.0.